The molecule has 0 atom stereocenters. The van der Waals surface area contributed by atoms with Gasteiger partial charge in [-0.2, -0.15) is 0 Å². The molecule has 2 aromatic carbocycles. The molecule has 4 aromatic rings. The summed E-state index contributed by atoms with van der Waals surface area (Å²) in [5, 5.41) is 2.42. The van der Waals surface area contributed by atoms with Gasteiger partial charge in [0, 0.05) is 26.0 Å². The molecule has 2 heterocycles. The smallest absolute Gasteiger partial charge is 0.207 e. The van der Waals surface area contributed by atoms with E-state index in [1.54, 1.807) is 0 Å². The highest BCUT2D eigenvalue weighted by Crippen LogP contribution is 2.33. The summed E-state index contributed by atoms with van der Waals surface area (Å²) in [7, 11) is 0. The first-order valence-electron chi connectivity index (χ1n) is 5.87. The van der Waals surface area contributed by atoms with Crippen LogP contribution >= 0.6 is 22.9 Å². The Hall–Kier alpha value is -1.84. The van der Waals surface area contributed by atoms with E-state index in [9.17, 15) is 4.79 Å². The third-order valence-corrected chi connectivity index (χ3v) is 4.69. The molecule has 0 aliphatic carbocycles. The topological polar surface area (TPSA) is 32.9 Å². The fraction of sp³-hybridized carbons (Fsp3) is 0. The molecule has 19 heavy (non-hydrogen) atoms. The van der Waals surface area contributed by atoms with E-state index in [4.69, 9.17) is 11.6 Å². The molecule has 2 aromatic heterocycles. The Labute approximate surface area is 117 Å². The van der Waals surface area contributed by atoms with E-state index >= 15 is 0 Å². The van der Waals surface area contributed by atoms with Crippen LogP contribution in [0.25, 0.3) is 31.2 Å². The van der Waals surface area contributed by atoms with Gasteiger partial charge in [-0.05, 0) is 30.3 Å². The van der Waals surface area contributed by atoms with Gasteiger partial charge in [0.15, 0.2) is 0 Å². The van der Waals surface area contributed by atoms with E-state index in [1.807, 2.05) is 42.5 Å². The molecule has 0 fully saturated rings. The second kappa shape index (κ2) is 3.83. The van der Waals surface area contributed by atoms with Crippen molar-refractivity contribution in [1.82, 2.24) is 4.98 Å². The molecule has 0 saturated heterocycles. The van der Waals surface area contributed by atoms with E-state index in [0.29, 0.717) is 5.02 Å². The Morgan fingerprint density at radius 3 is 2.79 bits per heavy atom. The van der Waals surface area contributed by atoms with Gasteiger partial charge < -0.3 is 4.98 Å². The Kier molecular flexibility index (Phi) is 2.22. The van der Waals surface area contributed by atoms with Gasteiger partial charge in [-0.1, -0.05) is 23.7 Å². The van der Waals surface area contributed by atoms with Gasteiger partial charge in [-0.3, -0.25) is 4.79 Å². The first-order valence-corrected chi connectivity index (χ1v) is 7.06. The Balaban J connectivity index is 2.34. The molecule has 92 valence electrons. The van der Waals surface area contributed by atoms with Crippen molar-refractivity contribution in [1.29, 1.82) is 0 Å². The summed E-state index contributed by atoms with van der Waals surface area (Å²) in [6, 6.07) is 13.3. The van der Waals surface area contributed by atoms with Crippen molar-refractivity contribution >= 4 is 54.1 Å². The van der Waals surface area contributed by atoms with Crippen LogP contribution in [0.2, 0.25) is 5.02 Å². The van der Waals surface area contributed by atoms with Crippen molar-refractivity contribution in [2.45, 2.75) is 0 Å². The van der Waals surface area contributed by atoms with Gasteiger partial charge in [0.2, 0.25) is 5.43 Å². The number of hydrogen-bond acceptors (Lipinski definition) is 2. The first kappa shape index (κ1) is 11.0. The fourth-order valence-electron chi connectivity index (χ4n) is 2.40. The van der Waals surface area contributed by atoms with Crippen LogP contribution in [-0.4, -0.2) is 4.98 Å². The number of para-hydroxylation sites is 1. The van der Waals surface area contributed by atoms with Crippen LogP contribution in [0, 0.1) is 0 Å². The maximum Gasteiger partial charge on any atom is 0.207 e. The lowest BCUT2D eigenvalue weighted by Gasteiger charge is -1.98. The highest BCUT2D eigenvalue weighted by molar-refractivity contribution is 7.25. The van der Waals surface area contributed by atoms with Crippen molar-refractivity contribution in [2.24, 2.45) is 0 Å². The molecule has 0 aliphatic heterocycles. The van der Waals surface area contributed by atoms with Crippen molar-refractivity contribution in [2.75, 3.05) is 0 Å². The SMILES string of the molecule is O=c1c2ccccc2[nH]c2c1sc1ccc(Cl)cc12. The molecule has 4 rings (SSSR count). The standard InChI is InChI=1S/C15H8ClNOS/c16-8-5-6-12-10(7-8)13-15(19-12)14(18)9-3-1-2-4-11(9)17-13/h1-7H,(H,17,18). The number of pyridine rings is 1. The summed E-state index contributed by atoms with van der Waals surface area (Å²) in [5.41, 5.74) is 1.83. The van der Waals surface area contributed by atoms with Crippen LogP contribution in [0.15, 0.2) is 47.3 Å². The molecule has 0 spiro atoms. The number of benzene rings is 2. The fourth-order valence-corrected chi connectivity index (χ4v) is 3.67. The van der Waals surface area contributed by atoms with Crippen molar-refractivity contribution in [3.63, 3.8) is 0 Å². The molecule has 0 radical (unpaired) electrons. The van der Waals surface area contributed by atoms with Crippen molar-refractivity contribution in [3.05, 3.63) is 57.7 Å². The number of halogens is 1. The summed E-state index contributed by atoms with van der Waals surface area (Å²) in [6.45, 7) is 0. The van der Waals surface area contributed by atoms with Gasteiger partial charge in [0.25, 0.3) is 0 Å². The number of fused-ring (bicyclic) bond motifs is 4. The minimum Gasteiger partial charge on any atom is -0.353 e. The van der Waals surface area contributed by atoms with Crippen LogP contribution in [0.5, 0.6) is 0 Å². The van der Waals surface area contributed by atoms with Crippen LogP contribution in [0.3, 0.4) is 0 Å². The first-order chi connectivity index (χ1) is 9.24. The number of aromatic nitrogens is 1. The highest BCUT2D eigenvalue weighted by Gasteiger charge is 2.11. The lowest BCUT2D eigenvalue weighted by molar-refractivity contribution is 1.51. The molecular weight excluding hydrogens is 278 g/mol. The average molecular weight is 286 g/mol. The average Bonchev–Trinajstić information content (AvgIpc) is 2.78. The molecule has 4 heteroatoms. The van der Waals surface area contributed by atoms with Gasteiger partial charge in [0.05, 0.1) is 10.2 Å². The predicted octanol–water partition coefficient (Wildman–Crippen LogP) is 4.55. The zero-order valence-corrected chi connectivity index (χ0v) is 11.3. The van der Waals surface area contributed by atoms with Crippen LogP contribution in [-0.2, 0) is 0 Å². The molecular formula is C15H8ClNOS. The quantitative estimate of drug-likeness (QED) is 0.505. The number of nitrogens with one attached hydrogen (secondary N) is 1. The summed E-state index contributed by atoms with van der Waals surface area (Å²) >= 11 is 7.56. The highest BCUT2D eigenvalue weighted by atomic mass is 35.5. The Morgan fingerprint density at radius 2 is 1.89 bits per heavy atom. The van der Waals surface area contributed by atoms with E-state index < -0.39 is 0 Å². The van der Waals surface area contributed by atoms with Crippen molar-refractivity contribution < 1.29 is 0 Å². The third-order valence-electron chi connectivity index (χ3n) is 3.29. The Bertz CT molecular complexity index is 999. The molecule has 0 amide bonds. The number of rotatable bonds is 0. The number of H-pyrrole nitrogens is 1. The molecule has 0 aliphatic rings. The van der Waals surface area contributed by atoms with Gasteiger partial charge in [0.1, 0.15) is 0 Å². The zero-order chi connectivity index (χ0) is 13.0. The van der Waals surface area contributed by atoms with Crippen LogP contribution < -0.4 is 5.43 Å². The van der Waals surface area contributed by atoms with E-state index in [0.717, 1.165) is 31.2 Å². The second-order valence-electron chi connectivity index (χ2n) is 4.45. The third kappa shape index (κ3) is 1.52. The van der Waals surface area contributed by atoms with Gasteiger partial charge >= 0.3 is 0 Å². The van der Waals surface area contributed by atoms with Gasteiger partial charge in [-0.15, -0.1) is 11.3 Å². The maximum atomic E-state index is 12.5. The second-order valence-corrected chi connectivity index (χ2v) is 5.94. The normalized spacial score (nSPS) is 11.6. The minimum atomic E-state index is 0.0849. The maximum absolute atomic E-state index is 12.5. The number of hydrogen-bond donors (Lipinski definition) is 1. The lowest BCUT2D eigenvalue weighted by Crippen LogP contribution is -2.01. The molecule has 0 saturated carbocycles. The van der Waals surface area contributed by atoms with E-state index in [2.05, 4.69) is 4.98 Å². The Morgan fingerprint density at radius 1 is 1.05 bits per heavy atom. The summed E-state index contributed by atoms with van der Waals surface area (Å²) in [6.07, 6.45) is 0. The predicted molar refractivity (Wildman–Crippen MR) is 82.5 cm³/mol. The summed E-state index contributed by atoms with van der Waals surface area (Å²) in [5.74, 6) is 0. The lowest BCUT2D eigenvalue weighted by atomic mass is 10.1. The summed E-state index contributed by atoms with van der Waals surface area (Å²) < 4.78 is 1.83. The number of aromatic amines is 1. The monoisotopic (exact) mass is 285 g/mol. The molecule has 0 unspecified atom stereocenters. The van der Waals surface area contributed by atoms with E-state index in [-0.39, 0.29) is 5.43 Å². The molecule has 1 N–H and O–H groups in total. The number of thiophene rings is 1. The minimum absolute atomic E-state index is 0.0849. The zero-order valence-electron chi connectivity index (χ0n) is 9.74. The summed E-state index contributed by atoms with van der Waals surface area (Å²) in [4.78, 5) is 15.9. The van der Waals surface area contributed by atoms with Crippen LogP contribution in [0.1, 0.15) is 0 Å². The van der Waals surface area contributed by atoms with E-state index in [1.165, 1.54) is 11.3 Å². The van der Waals surface area contributed by atoms with Gasteiger partial charge in [-0.25, -0.2) is 0 Å². The largest absolute Gasteiger partial charge is 0.353 e. The molecule has 2 nitrogen and oxygen atoms in total. The molecule has 0 bridgehead atoms. The van der Waals surface area contributed by atoms with Crippen LogP contribution in [0.4, 0.5) is 0 Å². The van der Waals surface area contributed by atoms with Crippen molar-refractivity contribution in [3.8, 4) is 0 Å².